The number of aromatic nitrogens is 6. The third kappa shape index (κ3) is 4.15. The average Bonchev–Trinajstić information content (AvgIpc) is 3.53. The second-order valence-electron chi connectivity index (χ2n) is 9.28. The van der Waals surface area contributed by atoms with Crippen LogP contribution in [0.5, 0.6) is 5.19 Å². The van der Waals surface area contributed by atoms with Crippen molar-refractivity contribution < 1.29 is 14.6 Å². The molecule has 1 aliphatic rings. The van der Waals surface area contributed by atoms with Crippen molar-refractivity contribution in [2.24, 2.45) is 5.41 Å². The quantitative estimate of drug-likeness (QED) is 0.483. The first-order chi connectivity index (χ1) is 15.8. The van der Waals surface area contributed by atoms with Gasteiger partial charge in [0.05, 0.1) is 11.2 Å². The summed E-state index contributed by atoms with van der Waals surface area (Å²) in [5.74, 6) is 0.788. The molecule has 0 radical (unpaired) electrons. The Labute approximate surface area is 194 Å². The number of piperidine rings is 1. The van der Waals surface area contributed by atoms with Crippen LogP contribution in [0.1, 0.15) is 33.6 Å². The van der Waals surface area contributed by atoms with E-state index in [0.717, 1.165) is 22.4 Å². The molecule has 0 spiro atoms. The summed E-state index contributed by atoms with van der Waals surface area (Å²) in [6.07, 6.45) is 3.91. The highest BCUT2D eigenvalue weighted by molar-refractivity contribution is 7.11. The molecule has 2 atom stereocenters. The zero-order valence-corrected chi connectivity index (χ0v) is 19.4. The summed E-state index contributed by atoms with van der Waals surface area (Å²) in [7, 11) is 0. The molecule has 1 aliphatic heterocycles. The summed E-state index contributed by atoms with van der Waals surface area (Å²) < 4.78 is 9.85. The molecule has 11 heteroatoms. The third-order valence-electron chi connectivity index (χ3n) is 6.07. The number of ether oxygens (including phenoxy) is 1. The van der Waals surface area contributed by atoms with Gasteiger partial charge in [0, 0.05) is 42.4 Å². The highest BCUT2D eigenvalue weighted by Crippen LogP contribution is 2.35. The largest absolute Gasteiger partial charge is 0.467 e. The molecule has 4 heterocycles. The Balaban J connectivity index is 1.33. The number of likely N-dealkylation sites (tertiary alicyclic amines) is 1. The van der Waals surface area contributed by atoms with Crippen LogP contribution in [0.4, 0.5) is 4.79 Å². The molecule has 33 heavy (non-hydrogen) atoms. The Morgan fingerprint density at radius 2 is 2.12 bits per heavy atom. The number of benzene rings is 1. The van der Waals surface area contributed by atoms with Gasteiger partial charge in [0.2, 0.25) is 0 Å². The van der Waals surface area contributed by atoms with Crippen molar-refractivity contribution in [3.8, 4) is 16.7 Å². The number of tetrazole rings is 1. The van der Waals surface area contributed by atoms with Gasteiger partial charge in [-0.15, -0.1) is 5.10 Å². The maximum atomic E-state index is 11.7. The molecule has 1 N–H and O–H groups in total. The van der Waals surface area contributed by atoms with Crippen molar-refractivity contribution >= 4 is 28.3 Å². The Morgan fingerprint density at radius 3 is 2.85 bits per heavy atom. The lowest BCUT2D eigenvalue weighted by Crippen LogP contribution is -2.53. The van der Waals surface area contributed by atoms with E-state index in [4.69, 9.17) is 9.72 Å². The lowest BCUT2D eigenvalue weighted by Gasteiger charge is -2.44. The number of thiazole rings is 1. The number of carbonyl (C=O) groups is 1. The van der Waals surface area contributed by atoms with Gasteiger partial charge < -0.3 is 19.3 Å². The number of fused-ring (bicyclic) bond motifs is 1. The number of carboxylic acid groups (broad SMARTS) is 1. The van der Waals surface area contributed by atoms with Crippen LogP contribution in [0.25, 0.3) is 22.4 Å². The molecule has 0 bridgehead atoms. The van der Waals surface area contributed by atoms with Gasteiger partial charge in [0.25, 0.3) is 5.19 Å². The molecule has 5 rings (SSSR count). The van der Waals surface area contributed by atoms with Gasteiger partial charge >= 0.3 is 6.09 Å². The van der Waals surface area contributed by atoms with Crippen LogP contribution < -0.4 is 4.74 Å². The van der Waals surface area contributed by atoms with E-state index >= 15 is 0 Å². The summed E-state index contributed by atoms with van der Waals surface area (Å²) in [5, 5.41) is 24.5. The Morgan fingerprint density at radius 1 is 1.27 bits per heavy atom. The van der Waals surface area contributed by atoms with Crippen molar-refractivity contribution in [1.82, 2.24) is 34.7 Å². The summed E-state index contributed by atoms with van der Waals surface area (Å²) in [6.45, 7) is 6.67. The zero-order chi connectivity index (χ0) is 23.2. The van der Waals surface area contributed by atoms with E-state index in [9.17, 15) is 9.90 Å². The predicted molar refractivity (Wildman–Crippen MR) is 123 cm³/mol. The maximum Gasteiger partial charge on any atom is 0.407 e. The van der Waals surface area contributed by atoms with E-state index in [1.807, 2.05) is 40.4 Å². The summed E-state index contributed by atoms with van der Waals surface area (Å²) in [4.78, 5) is 17.9. The molecular formula is C22H25N7O3S. The molecule has 0 saturated carbocycles. The lowest BCUT2D eigenvalue weighted by molar-refractivity contribution is 0.0130. The number of nitrogens with zero attached hydrogens (tertiary/aromatic N) is 7. The van der Waals surface area contributed by atoms with E-state index < -0.39 is 6.09 Å². The SMILES string of the molecule is CC(C)(C)C1CC(Oc2nc(-n3ccc4cc(-n5cnnn5)ccc43)cs2)CCN1C(=O)O. The van der Waals surface area contributed by atoms with Crippen LogP contribution >= 0.6 is 11.3 Å². The minimum Gasteiger partial charge on any atom is -0.467 e. The van der Waals surface area contributed by atoms with Crippen molar-refractivity contribution in [2.45, 2.75) is 45.8 Å². The molecule has 4 aromatic rings. The van der Waals surface area contributed by atoms with Gasteiger partial charge in [0.15, 0.2) is 5.82 Å². The van der Waals surface area contributed by atoms with Crippen LogP contribution in [0, 0.1) is 5.41 Å². The standard InChI is InChI=1S/C22H25N7O3S/c1-22(2,3)18-11-16(7-9-28(18)21(30)31)32-20-24-19(12-33-20)27-8-6-14-10-15(4-5-17(14)27)29-13-23-25-26-29/h4-6,8,10,12-13,16,18H,7,9,11H2,1-3H3,(H,30,31). The fourth-order valence-corrected chi connectivity index (χ4v) is 5.11. The monoisotopic (exact) mass is 467 g/mol. The van der Waals surface area contributed by atoms with Crippen LogP contribution in [0.15, 0.2) is 42.2 Å². The zero-order valence-electron chi connectivity index (χ0n) is 18.6. The maximum absolute atomic E-state index is 11.7. The Hall–Kier alpha value is -3.47. The molecule has 0 aliphatic carbocycles. The van der Waals surface area contributed by atoms with E-state index in [-0.39, 0.29) is 17.6 Å². The Kier molecular flexibility index (Phi) is 5.28. The minimum atomic E-state index is -0.868. The smallest absolute Gasteiger partial charge is 0.407 e. The second-order valence-corrected chi connectivity index (χ2v) is 10.1. The average molecular weight is 468 g/mol. The Bertz CT molecular complexity index is 1270. The van der Waals surface area contributed by atoms with Crippen LogP contribution in [0.3, 0.4) is 0 Å². The molecule has 1 fully saturated rings. The molecule has 172 valence electrons. The summed E-state index contributed by atoms with van der Waals surface area (Å²) in [5.41, 5.74) is 1.74. The van der Waals surface area contributed by atoms with Crippen LogP contribution in [-0.4, -0.2) is 64.5 Å². The second kappa shape index (κ2) is 8.14. The highest BCUT2D eigenvalue weighted by atomic mass is 32.1. The first kappa shape index (κ1) is 21.4. The van der Waals surface area contributed by atoms with E-state index in [1.54, 1.807) is 15.9 Å². The fourth-order valence-electron chi connectivity index (χ4n) is 4.40. The van der Waals surface area contributed by atoms with Crippen molar-refractivity contribution in [1.29, 1.82) is 0 Å². The normalized spacial score (nSPS) is 19.2. The lowest BCUT2D eigenvalue weighted by atomic mass is 9.80. The third-order valence-corrected chi connectivity index (χ3v) is 6.79. The summed E-state index contributed by atoms with van der Waals surface area (Å²) >= 11 is 1.45. The molecule has 1 amide bonds. The van der Waals surface area contributed by atoms with Gasteiger partial charge in [-0.1, -0.05) is 32.1 Å². The topological polar surface area (TPSA) is 111 Å². The molecular weight excluding hydrogens is 442 g/mol. The molecule has 3 aromatic heterocycles. The number of hydrogen-bond donors (Lipinski definition) is 1. The molecule has 1 saturated heterocycles. The van der Waals surface area contributed by atoms with Gasteiger partial charge in [0.1, 0.15) is 12.4 Å². The van der Waals surface area contributed by atoms with Gasteiger partial charge in [-0.2, -0.15) is 4.98 Å². The van der Waals surface area contributed by atoms with E-state index in [0.29, 0.717) is 24.6 Å². The van der Waals surface area contributed by atoms with Gasteiger partial charge in [-0.25, -0.2) is 9.48 Å². The van der Waals surface area contributed by atoms with Crippen molar-refractivity contribution in [3.63, 3.8) is 0 Å². The number of rotatable bonds is 4. The summed E-state index contributed by atoms with van der Waals surface area (Å²) in [6, 6.07) is 7.92. The van der Waals surface area contributed by atoms with E-state index in [2.05, 4.69) is 36.3 Å². The van der Waals surface area contributed by atoms with Gasteiger partial charge in [-0.3, -0.25) is 0 Å². The first-order valence-corrected chi connectivity index (χ1v) is 11.6. The molecule has 10 nitrogen and oxygen atoms in total. The molecule has 1 aromatic carbocycles. The predicted octanol–water partition coefficient (Wildman–Crippen LogP) is 4.00. The number of hydrogen-bond acceptors (Lipinski definition) is 7. The van der Waals surface area contributed by atoms with Crippen LogP contribution in [0.2, 0.25) is 0 Å². The van der Waals surface area contributed by atoms with E-state index in [1.165, 1.54) is 11.3 Å². The van der Waals surface area contributed by atoms with Gasteiger partial charge in [-0.05, 0) is 40.1 Å². The van der Waals surface area contributed by atoms with Crippen LogP contribution in [-0.2, 0) is 0 Å². The molecule has 2 unspecified atom stereocenters. The van der Waals surface area contributed by atoms with Crippen molar-refractivity contribution in [3.05, 3.63) is 42.2 Å². The number of amides is 1. The highest BCUT2D eigenvalue weighted by Gasteiger charge is 2.39. The fraction of sp³-hybridized carbons (Fsp3) is 0.409. The van der Waals surface area contributed by atoms with Crippen molar-refractivity contribution in [2.75, 3.05) is 6.54 Å². The first-order valence-electron chi connectivity index (χ1n) is 10.8. The minimum absolute atomic E-state index is 0.0657.